The second-order valence-electron chi connectivity index (χ2n) is 3.24. The Hall–Kier alpha value is 0.01000. The molecule has 14 heavy (non-hydrogen) atoms. The van der Waals surface area contributed by atoms with E-state index in [4.69, 9.17) is 0 Å². The van der Waals surface area contributed by atoms with Gasteiger partial charge < -0.3 is 5.32 Å². The van der Waals surface area contributed by atoms with Crippen molar-refractivity contribution in [3.05, 3.63) is 22.4 Å². The van der Waals surface area contributed by atoms with Crippen molar-refractivity contribution in [1.29, 1.82) is 0 Å². The van der Waals surface area contributed by atoms with Crippen LogP contribution in [-0.2, 0) is 0 Å². The molecule has 1 heterocycles. The Morgan fingerprint density at radius 2 is 2.43 bits per heavy atom. The molecule has 3 heteroatoms. The molecule has 0 bridgehead atoms. The first-order chi connectivity index (χ1) is 6.84. The van der Waals surface area contributed by atoms with Crippen molar-refractivity contribution in [2.75, 3.05) is 18.1 Å². The van der Waals surface area contributed by atoms with Gasteiger partial charge in [0.15, 0.2) is 0 Å². The number of nitrogens with one attached hydrogen (secondary N) is 1. The highest BCUT2D eigenvalue weighted by atomic mass is 32.2. The molecule has 1 aromatic rings. The quantitative estimate of drug-likeness (QED) is 0.718. The lowest BCUT2D eigenvalue weighted by atomic mass is 10.2. The van der Waals surface area contributed by atoms with Crippen LogP contribution in [0.4, 0.5) is 0 Å². The molecule has 0 spiro atoms. The summed E-state index contributed by atoms with van der Waals surface area (Å²) >= 11 is 3.85. The lowest BCUT2D eigenvalue weighted by Gasteiger charge is -2.11. The maximum Gasteiger partial charge on any atom is 0.0386 e. The molecule has 1 rings (SSSR count). The maximum absolute atomic E-state index is 3.54. The summed E-state index contributed by atoms with van der Waals surface area (Å²) in [7, 11) is 0. The van der Waals surface area contributed by atoms with Gasteiger partial charge in [-0.25, -0.2) is 0 Å². The molecule has 1 N–H and O–H groups in total. The fourth-order valence-corrected chi connectivity index (χ4v) is 2.67. The van der Waals surface area contributed by atoms with Gasteiger partial charge in [0.05, 0.1) is 0 Å². The number of thioether (sulfide) groups is 1. The van der Waals surface area contributed by atoms with Crippen molar-refractivity contribution in [3.63, 3.8) is 0 Å². The Bertz CT molecular complexity index is 221. The molecule has 0 aliphatic heterocycles. The van der Waals surface area contributed by atoms with Crippen molar-refractivity contribution >= 4 is 23.1 Å². The van der Waals surface area contributed by atoms with Crippen molar-refractivity contribution in [2.24, 2.45) is 0 Å². The number of rotatable bonds is 7. The van der Waals surface area contributed by atoms with Gasteiger partial charge in [0.2, 0.25) is 0 Å². The first-order valence-electron chi connectivity index (χ1n) is 5.19. The highest BCUT2D eigenvalue weighted by molar-refractivity contribution is 7.99. The van der Waals surface area contributed by atoms with Gasteiger partial charge in [0.25, 0.3) is 0 Å². The zero-order valence-corrected chi connectivity index (χ0v) is 10.6. The van der Waals surface area contributed by atoms with Gasteiger partial charge in [-0.15, -0.1) is 11.3 Å². The van der Waals surface area contributed by atoms with E-state index in [2.05, 4.69) is 36.7 Å². The standard InChI is InChI=1S/C11H19NS2/c1-3-13-8-5-7-12-10(2)11-6-4-9-14-11/h4,6,9-10,12H,3,5,7-8H2,1-2H3. The van der Waals surface area contributed by atoms with E-state index in [0.29, 0.717) is 6.04 Å². The molecular formula is C11H19NS2. The van der Waals surface area contributed by atoms with Gasteiger partial charge in [-0.2, -0.15) is 11.8 Å². The van der Waals surface area contributed by atoms with Gasteiger partial charge >= 0.3 is 0 Å². The van der Waals surface area contributed by atoms with E-state index in [9.17, 15) is 0 Å². The zero-order valence-electron chi connectivity index (χ0n) is 8.95. The van der Waals surface area contributed by atoms with E-state index in [-0.39, 0.29) is 0 Å². The predicted octanol–water partition coefficient (Wildman–Crippen LogP) is 3.54. The van der Waals surface area contributed by atoms with E-state index in [1.165, 1.54) is 22.8 Å². The molecule has 0 aromatic carbocycles. The highest BCUT2D eigenvalue weighted by Gasteiger charge is 2.03. The molecule has 0 amide bonds. The molecule has 1 nitrogen and oxygen atoms in total. The molecule has 0 aliphatic rings. The van der Waals surface area contributed by atoms with Crippen LogP contribution in [0.5, 0.6) is 0 Å². The van der Waals surface area contributed by atoms with Gasteiger partial charge in [-0.3, -0.25) is 0 Å². The Kier molecular flexibility index (Phi) is 6.32. The van der Waals surface area contributed by atoms with E-state index in [1.807, 2.05) is 23.1 Å². The SMILES string of the molecule is CCSCCCNC(C)c1cccs1. The van der Waals surface area contributed by atoms with Crippen molar-refractivity contribution < 1.29 is 0 Å². The van der Waals surface area contributed by atoms with Crippen molar-refractivity contribution in [1.82, 2.24) is 5.32 Å². The van der Waals surface area contributed by atoms with E-state index in [1.54, 1.807) is 0 Å². The molecule has 0 aliphatic carbocycles. The number of hydrogen-bond donors (Lipinski definition) is 1. The first-order valence-corrected chi connectivity index (χ1v) is 7.22. The Morgan fingerprint density at radius 1 is 1.57 bits per heavy atom. The Morgan fingerprint density at radius 3 is 3.07 bits per heavy atom. The predicted molar refractivity (Wildman–Crippen MR) is 68.4 cm³/mol. The molecule has 1 unspecified atom stereocenters. The fraction of sp³-hybridized carbons (Fsp3) is 0.636. The average molecular weight is 229 g/mol. The Balaban J connectivity index is 2.07. The molecule has 0 saturated carbocycles. The van der Waals surface area contributed by atoms with Gasteiger partial charge in [0.1, 0.15) is 0 Å². The molecule has 1 aromatic heterocycles. The van der Waals surface area contributed by atoms with Crippen LogP contribution in [0.25, 0.3) is 0 Å². The first kappa shape index (κ1) is 12.1. The Labute approximate surface area is 95.3 Å². The van der Waals surface area contributed by atoms with E-state index in [0.717, 1.165) is 6.54 Å². The highest BCUT2D eigenvalue weighted by Crippen LogP contribution is 2.17. The molecular weight excluding hydrogens is 210 g/mol. The molecule has 0 saturated heterocycles. The smallest absolute Gasteiger partial charge is 0.0386 e. The number of thiophene rings is 1. The average Bonchev–Trinajstić information content (AvgIpc) is 2.70. The summed E-state index contributed by atoms with van der Waals surface area (Å²) in [6.07, 6.45) is 1.27. The minimum Gasteiger partial charge on any atom is -0.309 e. The molecule has 0 radical (unpaired) electrons. The van der Waals surface area contributed by atoms with Gasteiger partial charge in [0, 0.05) is 10.9 Å². The minimum atomic E-state index is 0.515. The fourth-order valence-electron chi connectivity index (χ4n) is 1.28. The third kappa shape index (κ3) is 4.49. The van der Waals surface area contributed by atoms with E-state index < -0.39 is 0 Å². The van der Waals surface area contributed by atoms with Crippen LogP contribution in [-0.4, -0.2) is 18.1 Å². The van der Waals surface area contributed by atoms with Crippen LogP contribution in [0, 0.1) is 0 Å². The maximum atomic E-state index is 3.54. The third-order valence-corrected chi connectivity index (χ3v) is 4.13. The minimum absolute atomic E-state index is 0.515. The summed E-state index contributed by atoms with van der Waals surface area (Å²) in [4.78, 5) is 1.44. The molecule has 1 atom stereocenters. The second kappa shape index (κ2) is 7.32. The summed E-state index contributed by atoms with van der Waals surface area (Å²) in [5, 5.41) is 5.68. The largest absolute Gasteiger partial charge is 0.309 e. The lowest BCUT2D eigenvalue weighted by molar-refractivity contribution is 0.580. The van der Waals surface area contributed by atoms with Gasteiger partial charge in [-0.1, -0.05) is 13.0 Å². The number of hydrogen-bond acceptors (Lipinski definition) is 3. The van der Waals surface area contributed by atoms with Crippen LogP contribution in [0.2, 0.25) is 0 Å². The summed E-state index contributed by atoms with van der Waals surface area (Å²) < 4.78 is 0. The van der Waals surface area contributed by atoms with Crippen LogP contribution < -0.4 is 5.32 Å². The normalized spacial score (nSPS) is 13.0. The summed E-state index contributed by atoms with van der Waals surface area (Å²) in [6, 6.07) is 4.83. The topological polar surface area (TPSA) is 12.0 Å². The lowest BCUT2D eigenvalue weighted by Crippen LogP contribution is -2.19. The van der Waals surface area contributed by atoms with Crippen molar-refractivity contribution in [2.45, 2.75) is 26.3 Å². The summed E-state index contributed by atoms with van der Waals surface area (Å²) in [6.45, 7) is 5.58. The zero-order chi connectivity index (χ0) is 10.2. The van der Waals surface area contributed by atoms with Crippen LogP contribution >= 0.6 is 23.1 Å². The molecule has 0 fully saturated rings. The van der Waals surface area contributed by atoms with Crippen LogP contribution in [0.3, 0.4) is 0 Å². The molecule has 80 valence electrons. The van der Waals surface area contributed by atoms with Crippen LogP contribution in [0.1, 0.15) is 31.2 Å². The summed E-state index contributed by atoms with van der Waals surface area (Å²) in [5.74, 6) is 2.52. The van der Waals surface area contributed by atoms with Crippen LogP contribution in [0.15, 0.2) is 17.5 Å². The van der Waals surface area contributed by atoms with E-state index >= 15 is 0 Å². The summed E-state index contributed by atoms with van der Waals surface area (Å²) in [5.41, 5.74) is 0. The van der Waals surface area contributed by atoms with Gasteiger partial charge in [-0.05, 0) is 42.8 Å². The monoisotopic (exact) mass is 229 g/mol. The third-order valence-electron chi connectivity index (χ3n) is 2.09. The van der Waals surface area contributed by atoms with Crippen molar-refractivity contribution in [3.8, 4) is 0 Å². The second-order valence-corrected chi connectivity index (χ2v) is 5.61.